The van der Waals surface area contributed by atoms with Gasteiger partial charge in [0.15, 0.2) is 5.96 Å². The molecule has 2 saturated heterocycles. The van der Waals surface area contributed by atoms with Crippen LogP contribution >= 0.6 is 24.0 Å². The minimum atomic E-state index is 0. The molecule has 1 aromatic carbocycles. The summed E-state index contributed by atoms with van der Waals surface area (Å²) in [6.07, 6.45) is 5.88. The molecule has 1 atom stereocenters. The number of guanidine groups is 1. The van der Waals surface area contributed by atoms with Crippen LogP contribution in [0.2, 0.25) is 0 Å². The van der Waals surface area contributed by atoms with E-state index in [4.69, 9.17) is 9.41 Å². The number of aliphatic imine (C=N–C) groups is 1. The van der Waals surface area contributed by atoms with E-state index in [1.807, 2.05) is 11.0 Å². The molecule has 1 amide bonds. The first-order chi connectivity index (χ1) is 15.7. The monoisotopic (exact) mass is 565 g/mol. The van der Waals surface area contributed by atoms with Crippen molar-refractivity contribution in [2.24, 2.45) is 4.99 Å². The molecule has 1 unspecified atom stereocenters. The summed E-state index contributed by atoms with van der Waals surface area (Å²) in [5.41, 5.74) is 2.31. The zero-order valence-corrected chi connectivity index (χ0v) is 21.8. The fourth-order valence-electron chi connectivity index (χ4n) is 4.57. The highest BCUT2D eigenvalue weighted by Crippen LogP contribution is 2.24. The summed E-state index contributed by atoms with van der Waals surface area (Å²) in [5, 5.41) is 6.88. The van der Waals surface area contributed by atoms with Gasteiger partial charge in [-0.05, 0) is 62.5 Å². The van der Waals surface area contributed by atoms with E-state index in [1.165, 1.54) is 12.8 Å². The van der Waals surface area contributed by atoms with E-state index in [1.54, 1.807) is 6.26 Å². The zero-order chi connectivity index (χ0) is 22.2. The molecule has 0 spiro atoms. The number of carbonyl (C=O) groups excluding carboxylic acids is 1. The maximum Gasteiger partial charge on any atom is 0.222 e. The normalized spacial score (nSPS) is 17.8. The molecule has 33 heavy (non-hydrogen) atoms. The second kappa shape index (κ2) is 13.0. The number of halogens is 1. The molecule has 2 fully saturated rings. The highest BCUT2D eigenvalue weighted by molar-refractivity contribution is 14.0. The minimum Gasteiger partial charge on any atom is -0.468 e. The maximum atomic E-state index is 11.9. The van der Waals surface area contributed by atoms with Crippen LogP contribution in [0.15, 0.2) is 52.1 Å². The van der Waals surface area contributed by atoms with Gasteiger partial charge in [0, 0.05) is 32.6 Å². The Kier molecular flexibility index (Phi) is 10.1. The number of likely N-dealkylation sites (tertiary alicyclic amines) is 2. The minimum absolute atomic E-state index is 0. The van der Waals surface area contributed by atoms with Crippen LogP contribution in [0.1, 0.15) is 55.5 Å². The van der Waals surface area contributed by atoms with Gasteiger partial charge < -0.3 is 20.0 Å². The molecule has 1 aromatic heterocycles. The SMILES string of the molecule is CCNC(=NCc1cccc(CN2CCCC2=O)c1)NCC(c1ccco1)N1CCCC1.I. The molecule has 4 rings (SSSR count). The van der Waals surface area contributed by atoms with E-state index in [0.29, 0.717) is 19.5 Å². The number of hydrogen-bond donors (Lipinski definition) is 2. The van der Waals surface area contributed by atoms with Crippen molar-refractivity contribution in [1.29, 1.82) is 0 Å². The van der Waals surface area contributed by atoms with Crippen LogP contribution in [0.25, 0.3) is 0 Å². The lowest BCUT2D eigenvalue weighted by molar-refractivity contribution is -0.128. The van der Waals surface area contributed by atoms with Crippen LogP contribution in [0, 0.1) is 0 Å². The number of nitrogens with zero attached hydrogens (tertiary/aromatic N) is 3. The molecule has 0 saturated carbocycles. The lowest BCUT2D eigenvalue weighted by Crippen LogP contribution is -2.42. The Bertz CT molecular complexity index is 896. The van der Waals surface area contributed by atoms with Crippen molar-refractivity contribution in [1.82, 2.24) is 20.4 Å². The second-order valence-electron chi connectivity index (χ2n) is 8.59. The van der Waals surface area contributed by atoms with E-state index >= 15 is 0 Å². The van der Waals surface area contributed by atoms with E-state index < -0.39 is 0 Å². The molecule has 7 nitrogen and oxygen atoms in total. The summed E-state index contributed by atoms with van der Waals surface area (Å²) in [6, 6.07) is 12.6. The van der Waals surface area contributed by atoms with Crippen molar-refractivity contribution in [2.75, 3.05) is 32.7 Å². The fraction of sp³-hybridized carbons (Fsp3) is 0.520. The summed E-state index contributed by atoms with van der Waals surface area (Å²) in [4.78, 5) is 21.2. The molecule has 0 radical (unpaired) electrons. The van der Waals surface area contributed by atoms with Crippen molar-refractivity contribution in [2.45, 2.75) is 51.7 Å². The lowest BCUT2D eigenvalue weighted by atomic mass is 10.1. The van der Waals surface area contributed by atoms with Gasteiger partial charge in [-0.25, -0.2) is 4.99 Å². The highest BCUT2D eigenvalue weighted by atomic mass is 127. The van der Waals surface area contributed by atoms with E-state index in [0.717, 1.165) is 62.0 Å². The standard InChI is InChI=1S/C25H35N5O2.HI/c1-2-26-25(28-18-22(23-10-7-15-32-23)29-12-3-4-13-29)27-17-20-8-5-9-21(16-20)19-30-14-6-11-24(30)31;/h5,7-10,15-16,22H,2-4,6,11-14,17-19H2,1H3,(H2,26,27,28);1H. The summed E-state index contributed by atoms with van der Waals surface area (Å²) < 4.78 is 5.73. The molecule has 8 heteroatoms. The van der Waals surface area contributed by atoms with Crippen LogP contribution in [-0.2, 0) is 17.9 Å². The average Bonchev–Trinajstić information content (AvgIpc) is 3.57. The summed E-state index contributed by atoms with van der Waals surface area (Å²) in [7, 11) is 0. The smallest absolute Gasteiger partial charge is 0.222 e. The Hall–Kier alpha value is -2.07. The second-order valence-corrected chi connectivity index (χ2v) is 8.59. The summed E-state index contributed by atoms with van der Waals surface area (Å²) in [6.45, 7) is 7.98. The van der Waals surface area contributed by atoms with Crippen LogP contribution < -0.4 is 10.6 Å². The van der Waals surface area contributed by atoms with Gasteiger partial charge in [-0.1, -0.05) is 24.3 Å². The van der Waals surface area contributed by atoms with Crippen LogP contribution in [-0.4, -0.2) is 54.4 Å². The van der Waals surface area contributed by atoms with Crippen LogP contribution in [0.4, 0.5) is 0 Å². The van der Waals surface area contributed by atoms with Crippen LogP contribution in [0.5, 0.6) is 0 Å². The van der Waals surface area contributed by atoms with Crippen molar-refractivity contribution in [3.63, 3.8) is 0 Å². The van der Waals surface area contributed by atoms with Crippen molar-refractivity contribution >= 4 is 35.8 Å². The Labute approximate surface area is 214 Å². The molecular formula is C25H36IN5O2. The van der Waals surface area contributed by atoms with E-state index in [2.05, 4.69) is 52.8 Å². The van der Waals surface area contributed by atoms with Gasteiger partial charge in [-0.15, -0.1) is 24.0 Å². The number of carbonyl (C=O) groups is 1. The number of furan rings is 1. The van der Waals surface area contributed by atoms with Crippen molar-refractivity contribution in [3.8, 4) is 0 Å². The molecule has 2 N–H and O–H groups in total. The summed E-state index contributed by atoms with van der Waals surface area (Å²) >= 11 is 0. The average molecular weight is 566 g/mol. The fourth-order valence-corrected chi connectivity index (χ4v) is 4.57. The first kappa shape index (κ1) is 25.6. The molecule has 3 heterocycles. The van der Waals surface area contributed by atoms with Crippen LogP contribution in [0.3, 0.4) is 0 Å². The molecule has 2 aliphatic rings. The molecule has 180 valence electrons. The largest absolute Gasteiger partial charge is 0.468 e. The quantitative estimate of drug-likeness (QED) is 0.274. The summed E-state index contributed by atoms with van der Waals surface area (Å²) in [5.74, 6) is 2.07. The van der Waals surface area contributed by atoms with Gasteiger partial charge in [0.25, 0.3) is 0 Å². The highest BCUT2D eigenvalue weighted by Gasteiger charge is 2.25. The van der Waals surface area contributed by atoms with Crippen molar-refractivity contribution < 1.29 is 9.21 Å². The third kappa shape index (κ3) is 7.20. The van der Waals surface area contributed by atoms with Crippen molar-refractivity contribution in [3.05, 3.63) is 59.5 Å². The molecule has 2 aliphatic heterocycles. The number of benzene rings is 1. The predicted molar refractivity (Wildman–Crippen MR) is 142 cm³/mol. The zero-order valence-electron chi connectivity index (χ0n) is 19.5. The number of nitrogens with one attached hydrogen (secondary N) is 2. The Morgan fingerprint density at radius 2 is 1.91 bits per heavy atom. The van der Waals surface area contributed by atoms with Gasteiger partial charge in [0.1, 0.15) is 5.76 Å². The van der Waals surface area contributed by atoms with Gasteiger partial charge in [0.2, 0.25) is 5.91 Å². The number of amides is 1. The molecule has 2 aromatic rings. The predicted octanol–water partition coefficient (Wildman–Crippen LogP) is 3.91. The van der Waals surface area contributed by atoms with Gasteiger partial charge in [0.05, 0.1) is 18.8 Å². The maximum absolute atomic E-state index is 11.9. The Morgan fingerprint density at radius 1 is 1.09 bits per heavy atom. The first-order valence-electron chi connectivity index (χ1n) is 11.9. The third-order valence-corrected chi connectivity index (χ3v) is 6.22. The molecule has 0 aliphatic carbocycles. The van der Waals surface area contributed by atoms with Gasteiger partial charge in [-0.3, -0.25) is 9.69 Å². The Morgan fingerprint density at radius 3 is 2.61 bits per heavy atom. The Balaban J connectivity index is 0.00000306. The lowest BCUT2D eigenvalue weighted by Gasteiger charge is -2.26. The van der Waals surface area contributed by atoms with Gasteiger partial charge >= 0.3 is 0 Å². The van der Waals surface area contributed by atoms with E-state index in [-0.39, 0.29) is 35.9 Å². The molecular weight excluding hydrogens is 529 g/mol. The first-order valence-corrected chi connectivity index (χ1v) is 11.9. The third-order valence-electron chi connectivity index (χ3n) is 6.22. The topological polar surface area (TPSA) is 73.1 Å². The number of rotatable bonds is 9. The van der Waals surface area contributed by atoms with Gasteiger partial charge in [-0.2, -0.15) is 0 Å². The number of hydrogen-bond acceptors (Lipinski definition) is 4. The van der Waals surface area contributed by atoms with E-state index in [9.17, 15) is 4.79 Å². The molecule has 0 bridgehead atoms.